The molecule has 1 atom stereocenters. The Morgan fingerprint density at radius 2 is 2.27 bits per heavy atom. The lowest BCUT2D eigenvalue weighted by molar-refractivity contribution is 0.139. The van der Waals surface area contributed by atoms with E-state index in [0.29, 0.717) is 11.7 Å². The maximum absolute atomic E-state index is 5.48. The highest BCUT2D eigenvalue weighted by Gasteiger charge is 2.11. The summed E-state index contributed by atoms with van der Waals surface area (Å²) in [6, 6.07) is 0.266. The molecule has 0 aliphatic rings. The number of hydrogen-bond acceptors (Lipinski definition) is 2. The first-order chi connectivity index (χ1) is 5.13. The molecule has 0 aromatic heterocycles. The number of ether oxygens (including phenoxy) is 1. The van der Waals surface area contributed by atoms with Crippen molar-refractivity contribution >= 4 is 17.3 Å². The first kappa shape index (κ1) is 10.7. The summed E-state index contributed by atoms with van der Waals surface area (Å²) in [6.07, 6.45) is 0. The molecule has 0 rings (SSSR count). The van der Waals surface area contributed by atoms with E-state index in [-0.39, 0.29) is 6.04 Å². The van der Waals surface area contributed by atoms with E-state index in [1.165, 1.54) is 0 Å². The van der Waals surface area contributed by atoms with Crippen LogP contribution in [0.25, 0.3) is 0 Å². The van der Waals surface area contributed by atoms with Crippen LogP contribution in [-0.4, -0.2) is 36.3 Å². The van der Waals surface area contributed by atoms with Gasteiger partial charge in [0.2, 0.25) is 0 Å². The molecule has 11 heavy (non-hydrogen) atoms. The standard InChI is InChI=1S/C7H16N2OS/c1-4-9(7(8)11)6(2)5-10-3/h6H,4-5H2,1-3H3,(H2,8,11). The van der Waals surface area contributed by atoms with Crippen LogP contribution in [0.4, 0.5) is 0 Å². The maximum atomic E-state index is 5.48. The molecule has 0 aliphatic carbocycles. The second kappa shape index (κ2) is 5.32. The van der Waals surface area contributed by atoms with Crippen molar-refractivity contribution in [3.63, 3.8) is 0 Å². The van der Waals surface area contributed by atoms with Crippen molar-refractivity contribution < 1.29 is 4.74 Å². The molecule has 0 aromatic rings. The van der Waals surface area contributed by atoms with Gasteiger partial charge in [-0.1, -0.05) is 0 Å². The number of likely N-dealkylation sites (N-methyl/N-ethyl adjacent to an activating group) is 1. The second-order valence-electron chi connectivity index (χ2n) is 2.43. The molecule has 0 aromatic carbocycles. The highest BCUT2D eigenvalue weighted by atomic mass is 32.1. The zero-order valence-corrected chi connectivity index (χ0v) is 8.15. The minimum Gasteiger partial charge on any atom is -0.383 e. The van der Waals surface area contributed by atoms with Gasteiger partial charge in [-0.2, -0.15) is 0 Å². The Balaban J connectivity index is 3.91. The summed E-state index contributed by atoms with van der Waals surface area (Å²) in [4.78, 5) is 1.93. The summed E-state index contributed by atoms with van der Waals surface area (Å²) in [5.74, 6) is 0. The van der Waals surface area contributed by atoms with Gasteiger partial charge in [-0.05, 0) is 26.1 Å². The van der Waals surface area contributed by atoms with Gasteiger partial charge >= 0.3 is 0 Å². The summed E-state index contributed by atoms with van der Waals surface area (Å²) >= 11 is 4.85. The molecule has 0 heterocycles. The van der Waals surface area contributed by atoms with Crippen molar-refractivity contribution in [1.82, 2.24) is 4.90 Å². The highest BCUT2D eigenvalue weighted by Crippen LogP contribution is 1.98. The lowest BCUT2D eigenvalue weighted by Gasteiger charge is -2.27. The van der Waals surface area contributed by atoms with Crippen LogP contribution < -0.4 is 5.73 Å². The summed E-state index contributed by atoms with van der Waals surface area (Å²) in [5.41, 5.74) is 5.48. The van der Waals surface area contributed by atoms with Crippen LogP contribution in [-0.2, 0) is 4.74 Å². The molecule has 0 fully saturated rings. The van der Waals surface area contributed by atoms with Gasteiger partial charge in [0.25, 0.3) is 0 Å². The van der Waals surface area contributed by atoms with Crippen molar-refractivity contribution in [2.75, 3.05) is 20.3 Å². The van der Waals surface area contributed by atoms with Gasteiger partial charge in [-0.25, -0.2) is 0 Å². The van der Waals surface area contributed by atoms with E-state index in [1.54, 1.807) is 7.11 Å². The maximum Gasteiger partial charge on any atom is 0.166 e. The third kappa shape index (κ3) is 3.53. The van der Waals surface area contributed by atoms with E-state index in [4.69, 9.17) is 22.7 Å². The Kier molecular flexibility index (Phi) is 5.15. The molecule has 0 saturated carbocycles. The summed E-state index contributed by atoms with van der Waals surface area (Å²) in [7, 11) is 1.67. The SMILES string of the molecule is CCN(C(N)=S)C(C)COC. The minimum absolute atomic E-state index is 0.266. The Hall–Kier alpha value is -0.350. The van der Waals surface area contributed by atoms with Crippen LogP contribution in [0, 0.1) is 0 Å². The van der Waals surface area contributed by atoms with Crippen LogP contribution in [0.3, 0.4) is 0 Å². The van der Waals surface area contributed by atoms with E-state index in [2.05, 4.69) is 0 Å². The van der Waals surface area contributed by atoms with Gasteiger partial charge in [0, 0.05) is 13.7 Å². The fourth-order valence-electron chi connectivity index (χ4n) is 1.02. The number of thiocarbonyl (C=S) groups is 1. The molecule has 0 bridgehead atoms. The van der Waals surface area contributed by atoms with Crippen LogP contribution in [0.1, 0.15) is 13.8 Å². The summed E-state index contributed by atoms with van der Waals surface area (Å²) < 4.78 is 4.98. The normalized spacial score (nSPS) is 12.6. The van der Waals surface area contributed by atoms with Gasteiger partial charge in [0.15, 0.2) is 5.11 Å². The Labute approximate surface area is 73.5 Å². The van der Waals surface area contributed by atoms with E-state index in [1.807, 2.05) is 18.7 Å². The predicted octanol–water partition coefficient (Wildman–Crippen LogP) is 0.587. The van der Waals surface area contributed by atoms with Gasteiger partial charge in [0.05, 0.1) is 12.6 Å². The molecule has 0 amide bonds. The van der Waals surface area contributed by atoms with Gasteiger partial charge in [-0.15, -0.1) is 0 Å². The smallest absolute Gasteiger partial charge is 0.166 e. The van der Waals surface area contributed by atoms with Crippen molar-refractivity contribution in [3.05, 3.63) is 0 Å². The molecule has 4 heteroatoms. The molecule has 0 aliphatic heterocycles. The summed E-state index contributed by atoms with van der Waals surface area (Å²) in [6.45, 7) is 5.54. The van der Waals surface area contributed by atoms with Crippen molar-refractivity contribution in [2.45, 2.75) is 19.9 Å². The van der Waals surface area contributed by atoms with Crippen LogP contribution >= 0.6 is 12.2 Å². The van der Waals surface area contributed by atoms with Crippen LogP contribution in [0.5, 0.6) is 0 Å². The zero-order chi connectivity index (χ0) is 8.85. The largest absolute Gasteiger partial charge is 0.383 e. The van der Waals surface area contributed by atoms with Gasteiger partial charge < -0.3 is 15.4 Å². The van der Waals surface area contributed by atoms with Crippen molar-refractivity contribution in [3.8, 4) is 0 Å². The molecule has 0 spiro atoms. The van der Waals surface area contributed by atoms with Crippen LogP contribution in [0.2, 0.25) is 0 Å². The third-order valence-electron chi connectivity index (χ3n) is 1.56. The average Bonchev–Trinajstić information content (AvgIpc) is 1.88. The fraction of sp³-hybridized carbons (Fsp3) is 0.857. The third-order valence-corrected chi connectivity index (χ3v) is 1.80. The van der Waals surface area contributed by atoms with E-state index >= 15 is 0 Å². The van der Waals surface area contributed by atoms with Crippen LogP contribution in [0.15, 0.2) is 0 Å². The zero-order valence-electron chi connectivity index (χ0n) is 7.33. The molecular formula is C7H16N2OS. The Morgan fingerprint density at radius 3 is 2.55 bits per heavy atom. The lowest BCUT2D eigenvalue weighted by atomic mass is 10.3. The number of nitrogens with two attached hydrogens (primary N) is 1. The van der Waals surface area contributed by atoms with E-state index in [9.17, 15) is 0 Å². The molecule has 1 unspecified atom stereocenters. The quantitative estimate of drug-likeness (QED) is 0.636. The van der Waals surface area contributed by atoms with E-state index in [0.717, 1.165) is 6.54 Å². The molecular weight excluding hydrogens is 160 g/mol. The number of rotatable bonds is 4. The predicted molar refractivity (Wildman–Crippen MR) is 50.5 cm³/mol. The fourth-order valence-corrected chi connectivity index (χ4v) is 1.32. The first-order valence-electron chi connectivity index (χ1n) is 3.68. The topological polar surface area (TPSA) is 38.5 Å². The van der Waals surface area contributed by atoms with Crippen molar-refractivity contribution in [2.24, 2.45) is 5.73 Å². The highest BCUT2D eigenvalue weighted by molar-refractivity contribution is 7.80. The monoisotopic (exact) mass is 176 g/mol. The summed E-state index contributed by atoms with van der Waals surface area (Å²) in [5, 5.41) is 0.442. The Bertz CT molecular complexity index is 130. The molecule has 66 valence electrons. The minimum atomic E-state index is 0.266. The molecule has 2 N–H and O–H groups in total. The second-order valence-corrected chi connectivity index (χ2v) is 2.85. The number of methoxy groups -OCH3 is 1. The average molecular weight is 176 g/mol. The lowest BCUT2D eigenvalue weighted by Crippen LogP contribution is -2.43. The number of nitrogens with zero attached hydrogens (tertiary/aromatic N) is 1. The van der Waals surface area contributed by atoms with Gasteiger partial charge in [-0.3, -0.25) is 0 Å². The molecule has 0 radical (unpaired) electrons. The van der Waals surface area contributed by atoms with E-state index < -0.39 is 0 Å². The number of hydrogen-bond donors (Lipinski definition) is 1. The Morgan fingerprint density at radius 1 is 1.73 bits per heavy atom. The van der Waals surface area contributed by atoms with Gasteiger partial charge in [0.1, 0.15) is 0 Å². The molecule has 3 nitrogen and oxygen atoms in total. The van der Waals surface area contributed by atoms with Crippen molar-refractivity contribution in [1.29, 1.82) is 0 Å². The molecule has 0 saturated heterocycles. The first-order valence-corrected chi connectivity index (χ1v) is 4.09.